The van der Waals surface area contributed by atoms with Gasteiger partial charge >= 0.3 is 17.9 Å². The maximum Gasteiger partial charge on any atom is 0.349 e. The van der Waals surface area contributed by atoms with Crippen molar-refractivity contribution in [2.24, 2.45) is 0 Å². The van der Waals surface area contributed by atoms with Gasteiger partial charge in [-0.1, -0.05) is 36.4 Å². The van der Waals surface area contributed by atoms with E-state index in [0.29, 0.717) is 30.7 Å². The highest BCUT2D eigenvalue weighted by molar-refractivity contribution is 5.82. The maximum atomic E-state index is 12.8. The molecule has 2 aromatic rings. The number of piperidine rings is 1. The number of aliphatic hydroxyl groups is 1. The number of phenolic OH excluding ortho intramolecular Hbond substituents is 1. The van der Waals surface area contributed by atoms with Crippen LogP contribution in [0.1, 0.15) is 48.5 Å². The van der Waals surface area contributed by atoms with Gasteiger partial charge in [0.1, 0.15) is 5.76 Å². The van der Waals surface area contributed by atoms with Crippen LogP contribution in [0.2, 0.25) is 0 Å². The highest BCUT2D eigenvalue weighted by Gasteiger charge is 2.72. The van der Waals surface area contributed by atoms with Gasteiger partial charge in [-0.05, 0) is 44.1 Å². The van der Waals surface area contributed by atoms with Crippen molar-refractivity contribution in [2.75, 3.05) is 13.6 Å². The topological polar surface area (TPSA) is 143 Å². The number of likely N-dealkylation sites (N-methyl/N-ethyl adjacent to an activating group) is 1. The van der Waals surface area contributed by atoms with E-state index in [4.69, 9.17) is 14.2 Å². The SMILES string of the molecule is CN1CC[C@@]23c4c5ccc(O)c4O[C@@H]2C(OC(=O)CCC(=O)O[C@H](C(=O)O)c2ccccc2)=CC[C@]3(O)[C@@H]1C5. The highest BCUT2D eigenvalue weighted by Crippen LogP contribution is 2.65. The number of aliphatic carboxylic acids is 1. The quantitative estimate of drug-likeness (QED) is 0.452. The Kier molecular flexibility index (Phi) is 5.92. The Hall–Kier alpha value is -3.89. The first-order chi connectivity index (χ1) is 18.7. The molecule has 10 nitrogen and oxygen atoms in total. The molecule has 10 heteroatoms. The van der Waals surface area contributed by atoms with Crippen molar-refractivity contribution >= 4 is 17.9 Å². The van der Waals surface area contributed by atoms with Crippen LogP contribution in [0.15, 0.2) is 54.3 Å². The highest BCUT2D eigenvalue weighted by atomic mass is 16.6. The van der Waals surface area contributed by atoms with E-state index in [-0.39, 0.29) is 36.8 Å². The number of hydrogen-bond donors (Lipinski definition) is 3. The van der Waals surface area contributed by atoms with E-state index in [1.807, 2.05) is 13.1 Å². The molecule has 39 heavy (non-hydrogen) atoms. The van der Waals surface area contributed by atoms with Gasteiger partial charge in [-0.3, -0.25) is 9.59 Å². The number of likely N-dealkylation sites (tertiary alicyclic amines) is 1. The van der Waals surface area contributed by atoms with E-state index in [2.05, 4.69) is 4.90 Å². The summed E-state index contributed by atoms with van der Waals surface area (Å²) in [5.41, 5.74) is 0.0159. The predicted octanol–water partition coefficient (Wildman–Crippen LogP) is 2.36. The number of phenols is 1. The van der Waals surface area contributed by atoms with Crippen LogP contribution in [0.4, 0.5) is 0 Å². The zero-order chi connectivity index (χ0) is 27.5. The fourth-order valence-electron chi connectivity index (χ4n) is 6.90. The van der Waals surface area contributed by atoms with Gasteiger partial charge in [-0.2, -0.15) is 0 Å². The van der Waals surface area contributed by atoms with Crippen LogP contribution in [-0.4, -0.2) is 69.5 Å². The molecular formula is C29H29NO9. The molecule has 2 aromatic carbocycles. The Labute approximate surface area is 224 Å². The van der Waals surface area contributed by atoms with Crippen molar-refractivity contribution in [1.82, 2.24) is 4.90 Å². The first kappa shape index (κ1) is 25.4. The van der Waals surface area contributed by atoms with Crippen LogP contribution < -0.4 is 4.74 Å². The van der Waals surface area contributed by atoms with E-state index >= 15 is 0 Å². The number of aromatic hydroxyl groups is 1. The molecule has 1 spiro atoms. The van der Waals surface area contributed by atoms with E-state index in [1.54, 1.807) is 30.3 Å². The summed E-state index contributed by atoms with van der Waals surface area (Å²) in [5.74, 6) is -2.36. The lowest BCUT2D eigenvalue weighted by atomic mass is 9.50. The molecule has 2 bridgehead atoms. The molecule has 5 atom stereocenters. The number of ether oxygens (including phenoxy) is 3. The molecule has 0 amide bonds. The van der Waals surface area contributed by atoms with Gasteiger partial charge < -0.3 is 34.4 Å². The first-order valence-electron chi connectivity index (χ1n) is 13.0. The number of carboxylic acids is 1. The molecule has 0 radical (unpaired) electrons. The third kappa shape index (κ3) is 3.73. The molecule has 4 aliphatic rings. The fourth-order valence-corrected chi connectivity index (χ4v) is 6.90. The number of esters is 2. The van der Waals surface area contributed by atoms with E-state index in [0.717, 1.165) is 11.1 Å². The van der Waals surface area contributed by atoms with Gasteiger partial charge in [-0.15, -0.1) is 0 Å². The lowest BCUT2D eigenvalue weighted by molar-refractivity contribution is -0.170. The zero-order valence-corrected chi connectivity index (χ0v) is 21.3. The molecule has 2 heterocycles. The largest absolute Gasteiger partial charge is 0.504 e. The lowest BCUT2D eigenvalue weighted by Crippen LogP contribution is -2.74. The zero-order valence-electron chi connectivity index (χ0n) is 21.3. The third-order valence-electron chi connectivity index (χ3n) is 8.69. The summed E-state index contributed by atoms with van der Waals surface area (Å²) < 4.78 is 17.1. The number of rotatable bonds is 7. The van der Waals surface area contributed by atoms with Gasteiger partial charge in [0.15, 0.2) is 17.6 Å². The Balaban J connectivity index is 1.19. The molecular weight excluding hydrogens is 506 g/mol. The molecule has 3 N–H and O–H groups in total. The number of nitrogens with zero attached hydrogens (tertiary/aromatic N) is 1. The minimum Gasteiger partial charge on any atom is -0.504 e. The Morgan fingerprint density at radius 3 is 2.62 bits per heavy atom. The molecule has 1 saturated heterocycles. The van der Waals surface area contributed by atoms with Crippen molar-refractivity contribution < 1.29 is 43.9 Å². The Morgan fingerprint density at radius 2 is 1.87 bits per heavy atom. The number of carboxylic acid groups (broad SMARTS) is 1. The van der Waals surface area contributed by atoms with Crippen LogP contribution in [0.25, 0.3) is 0 Å². The monoisotopic (exact) mass is 535 g/mol. The van der Waals surface area contributed by atoms with Gasteiger partial charge in [0, 0.05) is 23.6 Å². The molecule has 2 aliphatic heterocycles. The fraction of sp³-hybridized carbons (Fsp3) is 0.414. The summed E-state index contributed by atoms with van der Waals surface area (Å²) >= 11 is 0. The Morgan fingerprint density at radius 1 is 1.13 bits per heavy atom. The van der Waals surface area contributed by atoms with E-state index < -0.39 is 41.1 Å². The molecule has 1 fully saturated rings. The van der Waals surface area contributed by atoms with Gasteiger partial charge in [0.2, 0.25) is 6.10 Å². The molecule has 0 saturated carbocycles. The summed E-state index contributed by atoms with van der Waals surface area (Å²) in [6, 6.07) is 11.4. The predicted molar refractivity (Wildman–Crippen MR) is 135 cm³/mol. The molecule has 204 valence electrons. The molecule has 0 aromatic heterocycles. The minimum atomic E-state index is -1.48. The van der Waals surface area contributed by atoms with Crippen molar-refractivity contribution in [3.8, 4) is 11.5 Å². The third-order valence-corrected chi connectivity index (χ3v) is 8.69. The average Bonchev–Trinajstić information content (AvgIpc) is 3.28. The van der Waals surface area contributed by atoms with Crippen molar-refractivity contribution in [2.45, 2.75) is 61.4 Å². The number of carbonyl (C=O) groups excluding carboxylic acids is 2. The van der Waals surface area contributed by atoms with Crippen LogP contribution >= 0.6 is 0 Å². The van der Waals surface area contributed by atoms with Crippen LogP contribution in [0.3, 0.4) is 0 Å². The summed E-state index contributed by atoms with van der Waals surface area (Å²) in [6.45, 7) is 0.695. The normalized spacial score (nSPS) is 28.9. The number of hydrogen-bond acceptors (Lipinski definition) is 9. The minimum absolute atomic E-state index is 0.0305. The summed E-state index contributed by atoms with van der Waals surface area (Å²) in [7, 11) is 1.98. The first-order valence-corrected chi connectivity index (χ1v) is 13.0. The summed E-state index contributed by atoms with van der Waals surface area (Å²) in [5, 5.41) is 32.2. The second-order valence-electron chi connectivity index (χ2n) is 10.7. The second-order valence-corrected chi connectivity index (χ2v) is 10.7. The van der Waals surface area contributed by atoms with Crippen molar-refractivity contribution in [3.05, 3.63) is 71.0 Å². The van der Waals surface area contributed by atoms with Crippen molar-refractivity contribution in [1.29, 1.82) is 0 Å². The standard InChI is InChI=1S/C29H29NO9/c1-30-14-13-28-23-17-7-8-18(31)25(23)39-26(28)19(11-12-29(28,36)20(30)15-17)37-21(32)9-10-22(33)38-24(27(34)35)16-5-3-2-4-6-16/h2-8,11,20,24,26,31,36H,9-10,12-15H2,1H3,(H,34,35)/t20-,24-,26+,28+,29-/m0/s1. The lowest BCUT2D eigenvalue weighted by Gasteiger charge is -2.61. The molecule has 6 rings (SSSR count). The van der Waals surface area contributed by atoms with Gasteiger partial charge in [0.05, 0.1) is 23.9 Å². The number of benzene rings is 2. The van der Waals surface area contributed by atoms with Crippen LogP contribution in [-0.2, 0) is 35.7 Å². The average molecular weight is 536 g/mol. The van der Waals surface area contributed by atoms with E-state index in [9.17, 15) is 29.7 Å². The van der Waals surface area contributed by atoms with Gasteiger partial charge in [0.25, 0.3) is 0 Å². The van der Waals surface area contributed by atoms with Crippen LogP contribution in [0.5, 0.6) is 11.5 Å². The van der Waals surface area contributed by atoms with Gasteiger partial charge in [-0.25, -0.2) is 4.79 Å². The Bertz CT molecular complexity index is 1390. The molecule has 2 aliphatic carbocycles. The summed E-state index contributed by atoms with van der Waals surface area (Å²) in [6.07, 6.45) is 0.0368. The van der Waals surface area contributed by atoms with E-state index in [1.165, 1.54) is 12.1 Å². The maximum absolute atomic E-state index is 12.8. The van der Waals surface area contributed by atoms with Crippen molar-refractivity contribution in [3.63, 3.8) is 0 Å². The second kappa shape index (κ2) is 9.10. The number of carbonyl (C=O) groups is 3. The molecule has 0 unspecified atom stereocenters. The van der Waals surface area contributed by atoms with Crippen LogP contribution in [0, 0.1) is 0 Å². The summed E-state index contributed by atoms with van der Waals surface area (Å²) in [4.78, 5) is 39.0. The smallest absolute Gasteiger partial charge is 0.349 e.